The SMILES string of the molecule is Cc1ccc2c(c1)C(N[C@@H](C)c1ccccc1C)CC2. The van der Waals surface area contributed by atoms with Crippen molar-refractivity contribution in [1.82, 2.24) is 5.32 Å². The van der Waals surface area contributed by atoms with Gasteiger partial charge < -0.3 is 5.32 Å². The third kappa shape index (κ3) is 2.51. The Labute approximate surface area is 122 Å². The fourth-order valence-corrected chi connectivity index (χ4v) is 3.36. The van der Waals surface area contributed by atoms with E-state index in [1.165, 1.54) is 40.7 Å². The largest absolute Gasteiger partial charge is 0.303 e. The average Bonchev–Trinajstić information content (AvgIpc) is 2.82. The van der Waals surface area contributed by atoms with Gasteiger partial charge >= 0.3 is 0 Å². The first-order chi connectivity index (χ1) is 9.65. The highest BCUT2D eigenvalue weighted by Gasteiger charge is 2.24. The van der Waals surface area contributed by atoms with Gasteiger partial charge in [0.15, 0.2) is 0 Å². The molecule has 1 aliphatic rings. The van der Waals surface area contributed by atoms with Gasteiger partial charge in [0.25, 0.3) is 0 Å². The van der Waals surface area contributed by atoms with Crippen LogP contribution in [0.5, 0.6) is 0 Å². The van der Waals surface area contributed by atoms with Crippen molar-refractivity contribution in [3.63, 3.8) is 0 Å². The second-order valence-corrected chi connectivity index (χ2v) is 6.04. The molecule has 0 radical (unpaired) electrons. The van der Waals surface area contributed by atoms with E-state index in [1.54, 1.807) is 0 Å². The minimum absolute atomic E-state index is 0.396. The van der Waals surface area contributed by atoms with Crippen molar-refractivity contribution in [3.8, 4) is 0 Å². The summed E-state index contributed by atoms with van der Waals surface area (Å²) in [6.07, 6.45) is 2.42. The number of benzene rings is 2. The Morgan fingerprint density at radius 2 is 1.90 bits per heavy atom. The highest BCUT2D eigenvalue weighted by atomic mass is 15.0. The summed E-state index contributed by atoms with van der Waals surface area (Å²) in [6.45, 7) is 6.65. The van der Waals surface area contributed by atoms with Crippen LogP contribution in [0.15, 0.2) is 42.5 Å². The summed E-state index contributed by atoms with van der Waals surface area (Å²) < 4.78 is 0. The molecule has 0 saturated heterocycles. The number of aryl methyl sites for hydroxylation is 3. The monoisotopic (exact) mass is 265 g/mol. The van der Waals surface area contributed by atoms with Crippen LogP contribution < -0.4 is 5.32 Å². The lowest BCUT2D eigenvalue weighted by molar-refractivity contribution is 0.463. The van der Waals surface area contributed by atoms with Crippen molar-refractivity contribution in [2.24, 2.45) is 0 Å². The number of hydrogen-bond donors (Lipinski definition) is 1. The van der Waals surface area contributed by atoms with E-state index in [-0.39, 0.29) is 0 Å². The van der Waals surface area contributed by atoms with Crippen LogP contribution in [0.1, 0.15) is 53.2 Å². The summed E-state index contributed by atoms with van der Waals surface area (Å²) in [5.74, 6) is 0. The van der Waals surface area contributed by atoms with Gasteiger partial charge in [-0.2, -0.15) is 0 Å². The van der Waals surface area contributed by atoms with Gasteiger partial charge in [-0.15, -0.1) is 0 Å². The summed E-state index contributed by atoms with van der Waals surface area (Å²) in [5.41, 5.74) is 7.17. The highest BCUT2D eigenvalue weighted by Crippen LogP contribution is 2.34. The molecule has 0 bridgehead atoms. The maximum absolute atomic E-state index is 3.82. The molecule has 0 amide bonds. The Bertz CT molecular complexity index is 615. The highest BCUT2D eigenvalue weighted by molar-refractivity contribution is 5.38. The fourth-order valence-electron chi connectivity index (χ4n) is 3.36. The first kappa shape index (κ1) is 13.4. The van der Waals surface area contributed by atoms with Gasteiger partial charge in [0.05, 0.1) is 0 Å². The normalized spacial score (nSPS) is 18.9. The van der Waals surface area contributed by atoms with E-state index in [9.17, 15) is 0 Å². The molecule has 1 unspecified atom stereocenters. The van der Waals surface area contributed by atoms with Crippen molar-refractivity contribution >= 4 is 0 Å². The molecule has 2 aromatic rings. The molecule has 0 spiro atoms. The van der Waals surface area contributed by atoms with Crippen LogP contribution in [0.3, 0.4) is 0 Å². The molecule has 2 atom stereocenters. The van der Waals surface area contributed by atoms with Gasteiger partial charge in [-0.1, -0.05) is 48.0 Å². The van der Waals surface area contributed by atoms with Gasteiger partial charge in [-0.25, -0.2) is 0 Å². The van der Waals surface area contributed by atoms with Gasteiger partial charge in [0, 0.05) is 12.1 Å². The third-order valence-corrected chi connectivity index (χ3v) is 4.49. The Kier molecular flexibility index (Phi) is 3.62. The predicted molar refractivity (Wildman–Crippen MR) is 85.0 cm³/mol. The van der Waals surface area contributed by atoms with Crippen molar-refractivity contribution in [2.45, 2.75) is 45.7 Å². The van der Waals surface area contributed by atoms with Crippen molar-refractivity contribution in [1.29, 1.82) is 0 Å². The summed E-state index contributed by atoms with van der Waals surface area (Å²) in [7, 11) is 0. The second kappa shape index (κ2) is 5.41. The second-order valence-electron chi connectivity index (χ2n) is 6.04. The third-order valence-electron chi connectivity index (χ3n) is 4.49. The van der Waals surface area contributed by atoms with E-state index < -0.39 is 0 Å². The van der Waals surface area contributed by atoms with Crippen LogP contribution in [-0.4, -0.2) is 0 Å². The maximum atomic E-state index is 3.82. The summed E-state index contributed by atoms with van der Waals surface area (Å²) in [5, 5.41) is 3.82. The molecular formula is C19H23N. The van der Waals surface area contributed by atoms with Crippen LogP contribution >= 0.6 is 0 Å². The van der Waals surface area contributed by atoms with Crippen molar-refractivity contribution < 1.29 is 0 Å². The lowest BCUT2D eigenvalue weighted by Crippen LogP contribution is -2.23. The predicted octanol–water partition coefficient (Wildman–Crippen LogP) is 4.64. The molecule has 20 heavy (non-hydrogen) atoms. The molecule has 0 fully saturated rings. The molecule has 2 aromatic carbocycles. The van der Waals surface area contributed by atoms with E-state index in [0.29, 0.717) is 12.1 Å². The van der Waals surface area contributed by atoms with Crippen LogP contribution in [-0.2, 0) is 6.42 Å². The number of hydrogen-bond acceptors (Lipinski definition) is 1. The zero-order chi connectivity index (χ0) is 14.1. The van der Waals surface area contributed by atoms with E-state index in [1.807, 2.05) is 0 Å². The number of rotatable bonds is 3. The van der Waals surface area contributed by atoms with E-state index in [4.69, 9.17) is 0 Å². The number of fused-ring (bicyclic) bond motifs is 1. The smallest absolute Gasteiger partial charge is 0.0331 e. The van der Waals surface area contributed by atoms with Crippen LogP contribution in [0, 0.1) is 13.8 Å². The minimum atomic E-state index is 0.396. The first-order valence-electron chi connectivity index (χ1n) is 7.56. The van der Waals surface area contributed by atoms with Gasteiger partial charge in [0.2, 0.25) is 0 Å². The standard InChI is InChI=1S/C19H23N/c1-13-8-9-16-10-11-19(18(16)12-13)20-15(3)17-7-5-4-6-14(17)2/h4-9,12,15,19-20H,10-11H2,1-3H3/t15-,19?/m0/s1. The molecule has 0 aliphatic heterocycles. The lowest BCUT2D eigenvalue weighted by atomic mass is 10.00. The Hall–Kier alpha value is -1.60. The Balaban J connectivity index is 1.80. The minimum Gasteiger partial charge on any atom is -0.303 e. The van der Waals surface area contributed by atoms with Gasteiger partial charge in [-0.05, 0) is 55.9 Å². The molecule has 1 aliphatic carbocycles. The molecule has 104 valence electrons. The topological polar surface area (TPSA) is 12.0 Å². The maximum Gasteiger partial charge on any atom is 0.0331 e. The van der Waals surface area contributed by atoms with Crippen molar-refractivity contribution in [2.75, 3.05) is 0 Å². The van der Waals surface area contributed by atoms with E-state index >= 15 is 0 Å². The quantitative estimate of drug-likeness (QED) is 0.852. The lowest BCUT2D eigenvalue weighted by Gasteiger charge is -2.22. The molecule has 3 rings (SSSR count). The Morgan fingerprint density at radius 3 is 2.70 bits per heavy atom. The van der Waals surface area contributed by atoms with Crippen molar-refractivity contribution in [3.05, 3.63) is 70.3 Å². The zero-order valence-electron chi connectivity index (χ0n) is 12.6. The summed E-state index contributed by atoms with van der Waals surface area (Å²) in [4.78, 5) is 0. The molecule has 1 nitrogen and oxygen atoms in total. The van der Waals surface area contributed by atoms with E-state index in [0.717, 1.165) is 0 Å². The van der Waals surface area contributed by atoms with Crippen LogP contribution in [0.4, 0.5) is 0 Å². The molecule has 0 aromatic heterocycles. The summed E-state index contributed by atoms with van der Waals surface area (Å²) in [6, 6.07) is 16.4. The summed E-state index contributed by atoms with van der Waals surface area (Å²) >= 11 is 0. The first-order valence-corrected chi connectivity index (χ1v) is 7.56. The van der Waals surface area contributed by atoms with Gasteiger partial charge in [0.1, 0.15) is 0 Å². The fraction of sp³-hybridized carbons (Fsp3) is 0.368. The number of nitrogens with one attached hydrogen (secondary N) is 1. The Morgan fingerprint density at radius 1 is 1.10 bits per heavy atom. The molecular weight excluding hydrogens is 242 g/mol. The molecule has 1 heteroatoms. The molecule has 0 saturated carbocycles. The van der Waals surface area contributed by atoms with Crippen LogP contribution in [0.2, 0.25) is 0 Å². The van der Waals surface area contributed by atoms with Gasteiger partial charge in [-0.3, -0.25) is 0 Å². The zero-order valence-corrected chi connectivity index (χ0v) is 12.6. The molecule has 0 heterocycles. The average molecular weight is 265 g/mol. The van der Waals surface area contributed by atoms with E-state index in [2.05, 4.69) is 68.6 Å². The van der Waals surface area contributed by atoms with Crippen LogP contribution in [0.25, 0.3) is 0 Å². The molecule has 1 N–H and O–H groups in total.